The van der Waals surface area contributed by atoms with Gasteiger partial charge in [0.15, 0.2) is 17.4 Å². The molecular weight excluding hydrogens is 445 g/mol. The minimum absolute atomic E-state index is 0. The Morgan fingerprint density at radius 1 is 1.26 bits per heavy atom. The summed E-state index contributed by atoms with van der Waals surface area (Å²) in [5.41, 5.74) is 2.11. The van der Waals surface area contributed by atoms with Gasteiger partial charge >= 0.3 is 0 Å². The molecular formula is C28H34FN3O3. The Morgan fingerprint density at radius 3 is 2.54 bits per heavy atom. The predicted molar refractivity (Wildman–Crippen MR) is 140 cm³/mol. The van der Waals surface area contributed by atoms with Crippen molar-refractivity contribution in [2.75, 3.05) is 0 Å². The van der Waals surface area contributed by atoms with E-state index in [1.807, 2.05) is 45.3 Å². The third-order valence-corrected chi connectivity index (χ3v) is 5.33. The van der Waals surface area contributed by atoms with Crippen molar-refractivity contribution >= 4 is 16.8 Å². The Kier molecular flexibility index (Phi) is 7.89. The molecule has 0 saturated carbocycles. The first-order valence-electron chi connectivity index (χ1n) is 11.9. The predicted octanol–water partition coefficient (Wildman–Crippen LogP) is 6.66. The number of halogens is 1. The second-order valence-electron chi connectivity index (χ2n) is 8.77. The van der Waals surface area contributed by atoms with Gasteiger partial charge in [-0.2, -0.15) is 5.10 Å². The minimum atomic E-state index is -0.986. The van der Waals surface area contributed by atoms with E-state index in [-0.39, 0.29) is 12.7 Å². The Hall–Kier alpha value is -3.74. The Morgan fingerprint density at radius 2 is 1.94 bits per heavy atom. The molecule has 0 amide bonds. The van der Waals surface area contributed by atoms with Crippen LogP contribution in [0.2, 0.25) is 0 Å². The first kappa shape index (κ1) is 25.9. The molecule has 0 aliphatic carbocycles. The van der Waals surface area contributed by atoms with E-state index in [0.717, 1.165) is 34.1 Å². The molecule has 186 valence electrons. The molecule has 5 rings (SSSR count). The number of aromatic nitrogens is 3. The number of benzene rings is 1. The molecule has 4 aromatic rings. The van der Waals surface area contributed by atoms with Gasteiger partial charge in [0.05, 0.1) is 11.8 Å². The maximum Gasteiger partial charge on any atom is 0.229 e. The maximum absolute atomic E-state index is 15.1. The molecule has 0 N–H and O–H groups in total. The van der Waals surface area contributed by atoms with Crippen molar-refractivity contribution in [3.63, 3.8) is 0 Å². The standard InChI is InChI=1S/C22H16FN3O3.C4H10.C2H6.H2/c1-3-17(27)16-11-26-8-7-15-14-6-4-5-13(12-9-24-25(2)10-12)21(14)29-22(15)19(26)18(23)20(16)28;1-4(2)3;1-2;/h3-6,9-11H,1,7-8H2,2H3;4H,1-3H3;1-2H3;1H. The quantitative estimate of drug-likeness (QED) is 0.243. The first-order chi connectivity index (χ1) is 16.7. The van der Waals surface area contributed by atoms with E-state index in [0.29, 0.717) is 24.3 Å². The number of pyridine rings is 1. The minimum Gasteiger partial charge on any atom is -0.453 e. The highest BCUT2D eigenvalue weighted by Crippen LogP contribution is 2.41. The fourth-order valence-electron chi connectivity index (χ4n) is 3.95. The summed E-state index contributed by atoms with van der Waals surface area (Å²) < 4.78 is 24.5. The van der Waals surface area contributed by atoms with Crippen LogP contribution in [-0.2, 0) is 20.0 Å². The zero-order valence-corrected chi connectivity index (χ0v) is 21.2. The molecule has 0 saturated heterocycles. The number of para-hydroxylation sites is 1. The van der Waals surface area contributed by atoms with Crippen LogP contribution in [0.1, 0.15) is 52.0 Å². The maximum atomic E-state index is 15.1. The van der Waals surface area contributed by atoms with Crippen LogP contribution in [0.3, 0.4) is 0 Å². The Bertz CT molecular complexity index is 1440. The van der Waals surface area contributed by atoms with Crippen LogP contribution < -0.4 is 5.43 Å². The fourth-order valence-corrected chi connectivity index (χ4v) is 3.95. The van der Waals surface area contributed by atoms with Gasteiger partial charge in [0.1, 0.15) is 11.3 Å². The van der Waals surface area contributed by atoms with Crippen molar-refractivity contribution in [3.05, 3.63) is 76.6 Å². The SMILES string of the molecule is C=CC(=O)c1cn2c(c(F)c1=O)-c1oc3c(-c4cnn(C)c4)cccc3c1CC2.CC.CC(C)C.[HH]. The molecule has 1 aliphatic heterocycles. The lowest BCUT2D eigenvalue weighted by atomic mass is 9.98. The number of carbonyl (C=O) groups excluding carboxylic acids is 1. The molecule has 0 radical (unpaired) electrons. The number of hydrogen-bond acceptors (Lipinski definition) is 4. The van der Waals surface area contributed by atoms with E-state index in [1.54, 1.807) is 15.4 Å². The summed E-state index contributed by atoms with van der Waals surface area (Å²) in [6, 6.07) is 5.77. The molecule has 1 aliphatic rings. The Labute approximate surface area is 206 Å². The Balaban J connectivity index is 0.000000597. The molecule has 0 fully saturated rings. The molecule has 35 heavy (non-hydrogen) atoms. The zero-order chi connectivity index (χ0) is 25.9. The number of nitrogens with zero attached hydrogens (tertiary/aromatic N) is 3. The molecule has 1 aromatic carbocycles. The monoisotopic (exact) mass is 479 g/mol. The molecule has 3 aromatic heterocycles. The van der Waals surface area contributed by atoms with Crippen molar-refractivity contribution in [2.45, 2.75) is 47.6 Å². The van der Waals surface area contributed by atoms with Gasteiger partial charge < -0.3 is 8.98 Å². The summed E-state index contributed by atoms with van der Waals surface area (Å²) in [5, 5.41) is 5.09. The second kappa shape index (κ2) is 10.7. The fraction of sp³-hybridized carbons (Fsp3) is 0.321. The van der Waals surface area contributed by atoms with Crippen molar-refractivity contribution < 1.29 is 15.0 Å². The summed E-state index contributed by atoms with van der Waals surface area (Å²) in [6.45, 7) is 14.3. The molecule has 4 heterocycles. The highest BCUT2D eigenvalue weighted by Gasteiger charge is 2.29. The van der Waals surface area contributed by atoms with Gasteiger partial charge in [-0.15, -0.1) is 0 Å². The molecule has 7 heteroatoms. The van der Waals surface area contributed by atoms with Crippen LogP contribution in [0, 0.1) is 11.7 Å². The number of aryl methyl sites for hydroxylation is 3. The van der Waals surface area contributed by atoms with Crippen molar-refractivity contribution in [2.24, 2.45) is 13.0 Å². The summed E-state index contributed by atoms with van der Waals surface area (Å²) in [6.07, 6.45) is 6.61. The van der Waals surface area contributed by atoms with Crippen molar-refractivity contribution in [1.29, 1.82) is 0 Å². The van der Waals surface area contributed by atoms with Crippen LogP contribution in [-0.4, -0.2) is 20.1 Å². The van der Waals surface area contributed by atoms with Gasteiger partial charge in [-0.3, -0.25) is 14.3 Å². The van der Waals surface area contributed by atoms with E-state index in [1.165, 1.54) is 6.20 Å². The average molecular weight is 480 g/mol. The molecule has 0 bridgehead atoms. The third kappa shape index (κ3) is 4.90. The summed E-state index contributed by atoms with van der Waals surface area (Å²) >= 11 is 0. The number of rotatable bonds is 3. The van der Waals surface area contributed by atoms with Crippen LogP contribution in [0.4, 0.5) is 4.39 Å². The van der Waals surface area contributed by atoms with Gasteiger partial charge in [-0.25, -0.2) is 4.39 Å². The van der Waals surface area contributed by atoms with Gasteiger partial charge in [-0.05, 0) is 18.4 Å². The molecule has 0 spiro atoms. The highest BCUT2D eigenvalue weighted by molar-refractivity contribution is 6.04. The van der Waals surface area contributed by atoms with Gasteiger partial charge in [-0.1, -0.05) is 59.4 Å². The van der Waals surface area contributed by atoms with E-state index in [4.69, 9.17) is 4.42 Å². The van der Waals surface area contributed by atoms with Crippen LogP contribution in [0.15, 0.2) is 58.7 Å². The van der Waals surface area contributed by atoms with Gasteiger partial charge in [0, 0.05) is 49.5 Å². The molecule has 6 nitrogen and oxygen atoms in total. The summed E-state index contributed by atoms with van der Waals surface area (Å²) in [7, 11) is 1.83. The molecule has 0 atom stereocenters. The number of fused-ring (bicyclic) bond motifs is 5. The topological polar surface area (TPSA) is 70.0 Å². The smallest absolute Gasteiger partial charge is 0.229 e. The van der Waals surface area contributed by atoms with Gasteiger partial charge in [0.2, 0.25) is 5.43 Å². The summed E-state index contributed by atoms with van der Waals surface area (Å²) in [5.74, 6) is -0.422. The second-order valence-corrected chi connectivity index (χ2v) is 8.77. The van der Waals surface area contributed by atoms with Crippen LogP contribution >= 0.6 is 0 Å². The number of carbonyl (C=O) groups is 1. The lowest BCUT2D eigenvalue weighted by Gasteiger charge is -2.19. The number of ketones is 1. The highest BCUT2D eigenvalue weighted by atomic mass is 19.1. The average Bonchev–Trinajstić information content (AvgIpc) is 3.44. The van der Waals surface area contributed by atoms with E-state index in [2.05, 4.69) is 32.4 Å². The van der Waals surface area contributed by atoms with Gasteiger partial charge in [0.25, 0.3) is 0 Å². The van der Waals surface area contributed by atoms with E-state index in [9.17, 15) is 9.59 Å². The summed E-state index contributed by atoms with van der Waals surface area (Å²) in [4.78, 5) is 24.4. The third-order valence-electron chi connectivity index (χ3n) is 5.33. The number of hydrogen-bond donors (Lipinski definition) is 0. The zero-order valence-electron chi connectivity index (χ0n) is 21.2. The largest absolute Gasteiger partial charge is 0.453 e. The lowest BCUT2D eigenvalue weighted by Crippen LogP contribution is -2.25. The van der Waals surface area contributed by atoms with E-state index < -0.39 is 17.0 Å². The van der Waals surface area contributed by atoms with Crippen LogP contribution in [0.5, 0.6) is 0 Å². The lowest BCUT2D eigenvalue weighted by molar-refractivity contribution is 0.104. The van der Waals surface area contributed by atoms with Crippen LogP contribution in [0.25, 0.3) is 33.6 Å². The molecule has 0 unspecified atom stereocenters. The van der Waals surface area contributed by atoms with E-state index >= 15 is 4.39 Å². The van der Waals surface area contributed by atoms with Crippen molar-refractivity contribution in [3.8, 4) is 22.6 Å². The normalized spacial score (nSPS) is 11.7. The number of allylic oxidation sites excluding steroid dienone is 1. The number of furan rings is 1. The van der Waals surface area contributed by atoms with Crippen molar-refractivity contribution in [1.82, 2.24) is 14.3 Å². The first-order valence-corrected chi connectivity index (χ1v) is 11.9.